The van der Waals surface area contributed by atoms with E-state index >= 15 is 0 Å². The zero-order chi connectivity index (χ0) is 16.8. The summed E-state index contributed by atoms with van der Waals surface area (Å²) in [5, 5.41) is 4.07. The number of hydrogen-bond donors (Lipinski definition) is 1. The first-order valence-electron chi connectivity index (χ1n) is 7.98. The molecule has 3 rings (SSSR count). The maximum Gasteiger partial charge on any atom is 0.220 e. The van der Waals surface area contributed by atoms with Crippen LogP contribution in [-0.4, -0.2) is 18.0 Å². The van der Waals surface area contributed by atoms with Gasteiger partial charge in [-0.15, -0.1) is 0 Å². The van der Waals surface area contributed by atoms with Crippen molar-refractivity contribution in [3.8, 4) is 5.75 Å². The van der Waals surface area contributed by atoms with Crippen LogP contribution in [0.4, 0.5) is 0 Å². The monoisotopic (exact) mass is 320 g/mol. The van der Waals surface area contributed by atoms with Crippen molar-refractivity contribution < 1.29 is 9.53 Å². The van der Waals surface area contributed by atoms with Crippen molar-refractivity contribution in [2.75, 3.05) is 7.11 Å². The zero-order valence-electron chi connectivity index (χ0n) is 13.7. The van der Waals surface area contributed by atoms with E-state index in [9.17, 15) is 4.79 Å². The fourth-order valence-electron chi connectivity index (χ4n) is 2.64. The minimum Gasteiger partial charge on any atom is -0.497 e. The Morgan fingerprint density at radius 2 is 1.88 bits per heavy atom. The molecule has 122 valence electrons. The third-order valence-electron chi connectivity index (χ3n) is 4.02. The molecule has 0 aliphatic rings. The van der Waals surface area contributed by atoms with Crippen LogP contribution in [-0.2, 0) is 17.8 Å². The molecule has 0 saturated heterocycles. The summed E-state index contributed by atoms with van der Waals surface area (Å²) in [7, 11) is 1.64. The van der Waals surface area contributed by atoms with Gasteiger partial charge in [0, 0.05) is 24.5 Å². The van der Waals surface area contributed by atoms with Crippen molar-refractivity contribution in [2.45, 2.75) is 19.4 Å². The molecule has 0 saturated carbocycles. The van der Waals surface area contributed by atoms with Gasteiger partial charge in [0.05, 0.1) is 12.6 Å². The fourth-order valence-corrected chi connectivity index (χ4v) is 2.64. The van der Waals surface area contributed by atoms with Crippen LogP contribution in [0.2, 0.25) is 0 Å². The molecule has 0 fully saturated rings. The molecule has 0 atom stereocenters. The molecule has 24 heavy (non-hydrogen) atoms. The lowest BCUT2D eigenvalue weighted by Gasteiger charge is -2.08. The highest BCUT2D eigenvalue weighted by Gasteiger charge is 2.05. The second-order valence-corrected chi connectivity index (χ2v) is 5.61. The number of fused-ring (bicyclic) bond motifs is 1. The van der Waals surface area contributed by atoms with Gasteiger partial charge in [0.25, 0.3) is 0 Å². The number of para-hydroxylation sites is 1. The quantitative estimate of drug-likeness (QED) is 0.756. The molecule has 0 unspecified atom stereocenters. The van der Waals surface area contributed by atoms with Crippen LogP contribution < -0.4 is 10.1 Å². The standard InChI is InChI=1S/C20H20N2O2/c1-24-17-9-6-15(7-10-17)8-11-20(23)22-14-16-12-13-21-19-5-3-2-4-18(16)19/h2-7,9-10,12-13H,8,11,14H2,1H3,(H,22,23). The molecule has 1 N–H and O–H groups in total. The summed E-state index contributed by atoms with van der Waals surface area (Å²) < 4.78 is 5.13. The van der Waals surface area contributed by atoms with E-state index in [2.05, 4.69) is 10.3 Å². The summed E-state index contributed by atoms with van der Waals surface area (Å²) in [4.78, 5) is 16.4. The second kappa shape index (κ2) is 7.59. The molecule has 2 aromatic carbocycles. The number of aromatic nitrogens is 1. The summed E-state index contributed by atoms with van der Waals surface area (Å²) in [5.41, 5.74) is 3.15. The van der Waals surface area contributed by atoms with Gasteiger partial charge in [-0.05, 0) is 41.8 Å². The molecule has 1 heterocycles. The predicted octanol–water partition coefficient (Wildman–Crippen LogP) is 3.49. The number of carbonyl (C=O) groups excluding carboxylic acids is 1. The van der Waals surface area contributed by atoms with Crippen molar-refractivity contribution >= 4 is 16.8 Å². The maximum absolute atomic E-state index is 12.1. The molecule has 4 heteroatoms. The Balaban J connectivity index is 1.55. The smallest absolute Gasteiger partial charge is 0.220 e. The normalized spacial score (nSPS) is 10.5. The Kier molecular flexibility index (Phi) is 5.06. The van der Waals surface area contributed by atoms with Gasteiger partial charge in [-0.25, -0.2) is 0 Å². The van der Waals surface area contributed by atoms with Crippen LogP contribution in [0.3, 0.4) is 0 Å². The number of ether oxygens (including phenoxy) is 1. The Morgan fingerprint density at radius 1 is 1.08 bits per heavy atom. The zero-order valence-corrected chi connectivity index (χ0v) is 13.7. The van der Waals surface area contributed by atoms with Crippen molar-refractivity contribution in [1.29, 1.82) is 0 Å². The topological polar surface area (TPSA) is 51.2 Å². The number of amides is 1. The molecule has 0 aliphatic heterocycles. The predicted molar refractivity (Wildman–Crippen MR) is 94.9 cm³/mol. The largest absolute Gasteiger partial charge is 0.497 e. The third-order valence-corrected chi connectivity index (χ3v) is 4.02. The summed E-state index contributed by atoms with van der Waals surface area (Å²) in [5.74, 6) is 0.875. The summed E-state index contributed by atoms with van der Waals surface area (Å²) in [6, 6.07) is 17.7. The Morgan fingerprint density at radius 3 is 2.67 bits per heavy atom. The van der Waals surface area contributed by atoms with Crippen molar-refractivity contribution in [3.05, 3.63) is 71.9 Å². The van der Waals surface area contributed by atoms with E-state index in [1.54, 1.807) is 13.3 Å². The highest BCUT2D eigenvalue weighted by Crippen LogP contribution is 2.16. The fraction of sp³-hybridized carbons (Fsp3) is 0.200. The summed E-state index contributed by atoms with van der Waals surface area (Å²) in [6.45, 7) is 0.518. The van der Waals surface area contributed by atoms with Crippen LogP contribution in [0.25, 0.3) is 10.9 Å². The van der Waals surface area contributed by atoms with E-state index in [1.807, 2.05) is 54.6 Å². The number of aryl methyl sites for hydroxylation is 1. The van der Waals surface area contributed by atoms with E-state index in [0.29, 0.717) is 19.4 Å². The number of carbonyl (C=O) groups is 1. The number of nitrogens with zero attached hydrogens (tertiary/aromatic N) is 1. The number of nitrogens with one attached hydrogen (secondary N) is 1. The Bertz CT molecular complexity index is 823. The Labute approximate surface area is 141 Å². The SMILES string of the molecule is COc1ccc(CCC(=O)NCc2ccnc3ccccc23)cc1. The second-order valence-electron chi connectivity index (χ2n) is 5.61. The highest BCUT2D eigenvalue weighted by molar-refractivity contribution is 5.82. The van der Waals surface area contributed by atoms with Crippen molar-refractivity contribution in [3.63, 3.8) is 0 Å². The average Bonchev–Trinajstić information content (AvgIpc) is 2.65. The molecule has 0 spiro atoms. The van der Waals surface area contributed by atoms with Gasteiger partial charge >= 0.3 is 0 Å². The van der Waals surface area contributed by atoms with E-state index in [4.69, 9.17) is 4.74 Å². The van der Waals surface area contributed by atoms with Gasteiger partial charge in [-0.3, -0.25) is 9.78 Å². The van der Waals surface area contributed by atoms with Crippen LogP contribution in [0.15, 0.2) is 60.8 Å². The van der Waals surface area contributed by atoms with Gasteiger partial charge in [0.1, 0.15) is 5.75 Å². The minimum absolute atomic E-state index is 0.0479. The van der Waals surface area contributed by atoms with Gasteiger partial charge in [0.15, 0.2) is 0 Å². The first kappa shape index (κ1) is 16.0. The lowest BCUT2D eigenvalue weighted by molar-refractivity contribution is -0.121. The van der Waals surface area contributed by atoms with Gasteiger partial charge in [-0.2, -0.15) is 0 Å². The van der Waals surface area contributed by atoms with Crippen LogP contribution in [0.1, 0.15) is 17.5 Å². The van der Waals surface area contributed by atoms with Gasteiger partial charge in [0.2, 0.25) is 5.91 Å². The van der Waals surface area contributed by atoms with E-state index in [0.717, 1.165) is 27.8 Å². The molecule has 4 nitrogen and oxygen atoms in total. The molecule has 0 bridgehead atoms. The number of rotatable bonds is 6. The number of methoxy groups -OCH3 is 1. The maximum atomic E-state index is 12.1. The summed E-state index contributed by atoms with van der Waals surface area (Å²) >= 11 is 0. The first-order chi connectivity index (χ1) is 11.8. The molecule has 0 radical (unpaired) electrons. The first-order valence-corrected chi connectivity index (χ1v) is 7.98. The summed E-state index contributed by atoms with van der Waals surface area (Å²) in [6.07, 6.45) is 2.96. The van der Waals surface area contributed by atoms with Crippen molar-refractivity contribution in [1.82, 2.24) is 10.3 Å². The van der Waals surface area contributed by atoms with Crippen LogP contribution in [0, 0.1) is 0 Å². The molecular formula is C20H20N2O2. The van der Waals surface area contributed by atoms with Crippen LogP contribution in [0.5, 0.6) is 5.75 Å². The van der Waals surface area contributed by atoms with E-state index in [1.165, 1.54) is 0 Å². The molecule has 1 amide bonds. The molecule has 1 aromatic heterocycles. The average molecular weight is 320 g/mol. The Hall–Kier alpha value is -2.88. The molecule has 3 aromatic rings. The lowest BCUT2D eigenvalue weighted by atomic mass is 10.1. The van der Waals surface area contributed by atoms with Crippen LogP contribution >= 0.6 is 0 Å². The number of benzene rings is 2. The lowest BCUT2D eigenvalue weighted by Crippen LogP contribution is -2.23. The number of pyridine rings is 1. The van der Waals surface area contributed by atoms with Gasteiger partial charge in [-0.1, -0.05) is 30.3 Å². The number of hydrogen-bond acceptors (Lipinski definition) is 3. The van der Waals surface area contributed by atoms with Gasteiger partial charge < -0.3 is 10.1 Å². The minimum atomic E-state index is 0.0479. The highest BCUT2D eigenvalue weighted by atomic mass is 16.5. The van der Waals surface area contributed by atoms with E-state index < -0.39 is 0 Å². The third kappa shape index (κ3) is 3.90. The van der Waals surface area contributed by atoms with E-state index in [-0.39, 0.29) is 5.91 Å². The molecular weight excluding hydrogens is 300 g/mol. The molecule has 0 aliphatic carbocycles. The van der Waals surface area contributed by atoms with Crippen molar-refractivity contribution in [2.24, 2.45) is 0 Å².